The number of carbonyl (C=O) groups excluding carboxylic acids is 2. The molecule has 0 atom stereocenters. The van der Waals surface area contributed by atoms with Crippen molar-refractivity contribution in [2.24, 2.45) is 0 Å². The normalized spacial score (nSPS) is 15.6. The van der Waals surface area contributed by atoms with E-state index in [1.807, 2.05) is 23.7 Å². The lowest BCUT2D eigenvalue weighted by Crippen LogP contribution is -2.40. The van der Waals surface area contributed by atoms with E-state index in [1.165, 1.54) is 40.1 Å². The van der Waals surface area contributed by atoms with Gasteiger partial charge in [0.1, 0.15) is 16.7 Å². The van der Waals surface area contributed by atoms with E-state index in [0.29, 0.717) is 22.2 Å². The summed E-state index contributed by atoms with van der Waals surface area (Å²) in [4.78, 5) is 30.7. The number of carbonyl (C=O) groups is 2. The number of nitrogens with one attached hydrogen (secondary N) is 2. The van der Waals surface area contributed by atoms with Crippen molar-refractivity contribution in [3.05, 3.63) is 63.1 Å². The maximum absolute atomic E-state index is 13.5. The molecule has 9 heteroatoms. The van der Waals surface area contributed by atoms with Crippen molar-refractivity contribution in [2.45, 2.75) is 6.42 Å². The SMILES string of the molecule is O=C(CN1C(=O)/C(=C\c2cccs2)SC1=S)NCCc1c[nH]c2ccc(F)cc12. The van der Waals surface area contributed by atoms with Crippen LogP contribution >= 0.6 is 35.3 Å². The largest absolute Gasteiger partial charge is 0.361 e. The Kier molecular flexibility index (Phi) is 5.79. The molecular weight excluding hydrogens is 429 g/mol. The van der Waals surface area contributed by atoms with Gasteiger partial charge in [0.15, 0.2) is 0 Å². The molecule has 4 rings (SSSR count). The molecule has 1 aromatic carbocycles. The zero-order chi connectivity index (χ0) is 20.4. The number of hydrogen-bond donors (Lipinski definition) is 2. The van der Waals surface area contributed by atoms with Crippen LogP contribution in [0.25, 0.3) is 17.0 Å². The van der Waals surface area contributed by atoms with E-state index in [4.69, 9.17) is 12.2 Å². The first-order chi connectivity index (χ1) is 14.0. The van der Waals surface area contributed by atoms with Gasteiger partial charge in [0.05, 0.1) is 4.91 Å². The molecule has 2 N–H and O–H groups in total. The summed E-state index contributed by atoms with van der Waals surface area (Å²) in [7, 11) is 0. The van der Waals surface area contributed by atoms with Crippen LogP contribution in [0.5, 0.6) is 0 Å². The third-order valence-corrected chi connectivity index (χ3v) is 6.63. The van der Waals surface area contributed by atoms with Crippen LogP contribution in [0.3, 0.4) is 0 Å². The van der Waals surface area contributed by atoms with Crippen LogP contribution in [0.15, 0.2) is 46.8 Å². The molecule has 3 heterocycles. The molecular formula is C20H16FN3O2S3. The van der Waals surface area contributed by atoms with E-state index in [1.54, 1.807) is 12.1 Å². The predicted molar refractivity (Wildman–Crippen MR) is 119 cm³/mol. The summed E-state index contributed by atoms with van der Waals surface area (Å²) in [6, 6.07) is 8.39. The second kappa shape index (κ2) is 8.48. The first-order valence-electron chi connectivity index (χ1n) is 8.82. The van der Waals surface area contributed by atoms with E-state index in [-0.39, 0.29) is 24.2 Å². The number of thiocarbonyl (C=S) groups is 1. The highest BCUT2D eigenvalue weighted by Crippen LogP contribution is 2.33. The molecule has 1 saturated heterocycles. The highest BCUT2D eigenvalue weighted by Gasteiger charge is 2.33. The van der Waals surface area contributed by atoms with Crippen LogP contribution in [-0.4, -0.2) is 39.1 Å². The first kappa shape index (κ1) is 19.8. The Bertz CT molecular complexity index is 1120. The standard InChI is InChI=1S/C20H16FN3O2S3/c21-13-3-4-16-15(8-13)12(10-23-16)5-6-22-18(25)11-24-19(26)17(29-20(24)27)9-14-2-1-7-28-14/h1-4,7-10,23H,5-6,11H2,(H,22,25)/b17-9+. The fourth-order valence-electron chi connectivity index (χ4n) is 3.03. The van der Waals surface area contributed by atoms with Gasteiger partial charge in [-0.3, -0.25) is 14.5 Å². The summed E-state index contributed by atoms with van der Waals surface area (Å²) in [6.45, 7) is 0.261. The van der Waals surface area contributed by atoms with Crippen LogP contribution in [-0.2, 0) is 16.0 Å². The van der Waals surface area contributed by atoms with E-state index >= 15 is 0 Å². The number of fused-ring (bicyclic) bond motifs is 1. The van der Waals surface area contributed by atoms with Gasteiger partial charge in [0.2, 0.25) is 5.91 Å². The summed E-state index contributed by atoms with van der Waals surface area (Å²) in [6.07, 6.45) is 4.15. The summed E-state index contributed by atoms with van der Waals surface area (Å²) in [5.74, 6) is -0.840. The van der Waals surface area contributed by atoms with E-state index in [2.05, 4.69) is 10.3 Å². The molecule has 0 aliphatic carbocycles. The second-order valence-electron chi connectivity index (χ2n) is 6.39. The van der Waals surface area contributed by atoms with Crippen LogP contribution in [0.2, 0.25) is 0 Å². The number of halogens is 1. The molecule has 148 valence electrons. The number of aromatic amines is 1. The minimum atomic E-state index is -0.299. The van der Waals surface area contributed by atoms with Crippen molar-refractivity contribution in [1.29, 1.82) is 0 Å². The highest BCUT2D eigenvalue weighted by atomic mass is 32.2. The lowest BCUT2D eigenvalue weighted by Gasteiger charge is -2.14. The molecule has 2 amide bonds. The van der Waals surface area contributed by atoms with Crippen molar-refractivity contribution in [1.82, 2.24) is 15.2 Å². The number of aromatic nitrogens is 1. The van der Waals surface area contributed by atoms with Crippen molar-refractivity contribution < 1.29 is 14.0 Å². The van der Waals surface area contributed by atoms with E-state index < -0.39 is 0 Å². The molecule has 5 nitrogen and oxygen atoms in total. The number of thioether (sulfide) groups is 1. The monoisotopic (exact) mass is 445 g/mol. The van der Waals surface area contributed by atoms with Crippen LogP contribution in [0.1, 0.15) is 10.4 Å². The smallest absolute Gasteiger partial charge is 0.266 e. The Morgan fingerprint density at radius 1 is 1.34 bits per heavy atom. The molecule has 0 saturated carbocycles. The van der Waals surface area contributed by atoms with Crippen molar-refractivity contribution >= 4 is 68.4 Å². The van der Waals surface area contributed by atoms with E-state index in [0.717, 1.165) is 21.3 Å². The van der Waals surface area contributed by atoms with Gasteiger partial charge in [0, 0.05) is 28.5 Å². The van der Waals surface area contributed by atoms with Gasteiger partial charge < -0.3 is 10.3 Å². The van der Waals surface area contributed by atoms with Gasteiger partial charge in [-0.05, 0) is 47.7 Å². The molecule has 29 heavy (non-hydrogen) atoms. The third-order valence-electron chi connectivity index (χ3n) is 4.44. The third kappa shape index (κ3) is 4.42. The maximum atomic E-state index is 13.5. The zero-order valence-corrected chi connectivity index (χ0v) is 17.6. The van der Waals surface area contributed by atoms with Crippen LogP contribution < -0.4 is 5.32 Å². The fourth-order valence-corrected chi connectivity index (χ4v) is 5.01. The van der Waals surface area contributed by atoms with Gasteiger partial charge >= 0.3 is 0 Å². The van der Waals surface area contributed by atoms with Gasteiger partial charge in [-0.2, -0.15) is 0 Å². The quantitative estimate of drug-likeness (QED) is 0.446. The molecule has 0 radical (unpaired) electrons. The minimum absolute atomic E-state index is 0.116. The zero-order valence-electron chi connectivity index (χ0n) is 15.1. The summed E-state index contributed by atoms with van der Waals surface area (Å²) >= 11 is 8.00. The van der Waals surface area contributed by atoms with Crippen molar-refractivity contribution in [3.8, 4) is 0 Å². The Hall–Kier alpha value is -2.49. The Morgan fingerprint density at radius 2 is 2.21 bits per heavy atom. The summed E-state index contributed by atoms with van der Waals surface area (Å²) in [5.41, 5.74) is 1.77. The van der Waals surface area contributed by atoms with Gasteiger partial charge in [-0.15, -0.1) is 11.3 Å². The van der Waals surface area contributed by atoms with Gasteiger partial charge in [-0.1, -0.05) is 30.0 Å². The lowest BCUT2D eigenvalue weighted by atomic mass is 10.1. The molecule has 0 unspecified atom stereocenters. The number of thiophene rings is 1. The van der Waals surface area contributed by atoms with E-state index in [9.17, 15) is 14.0 Å². The highest BCUT2D eigenvalue weighted by molar-refractivity contribution is 8.26. The fraction of sp³-hybridized carbons (Fsp3) is 0.150. The number of hydrogen-bond acceptors (Lipinski definition) is 5. The molecule has 1 aliphatic rings. The van der Waals surface area contributed by atoms with Gasteiger partial charge in [-0.25, -0.2) is 4.39 Å². The minimum Gasteiger partial charge on any atom is -0.361 e. The number of nitrogens with zero attached hydrogens (tertiary/aromatic N) is 1. The number of benzene rings is 1. The van der Waals surface area contributed by atoms with Gasteiger partial charge in [0.25, 0.3) is 5.91 Å². The Morgan fingerprint density at radius 3 is 3.00 bits per heavy atom. The topological polar surface area (TPSA) is 65.2 Å². The van der Waals surface area contributed by atoms with Crippen molar-refractivity contribution in [3.63, 3.8) is 0 Å². The van der Waals surface area contributed by atoms with Crippen molar-refractivity contribution in [2.75, 3.05) is 13.1 Å². The molecule has 1 aliphatic heterocycles. The Balaban J connectivity index is 1.33. The lowest BCUT2D eigenvalue weighted by molar-refractivity contribution is -0.128. The first-order valence-corrected chi connectivity index (χ1v) is 10.9. The summed E-state index contributed by atoms with van der Waals surface area (Å²) in [5, 5.41) is 5.54. The summed E-state index contributed by atoms with van der Waals surface area (Å²) < 4.78 is 13.8. The average Bonchev–Trinajstić information content (AvgIpc) is 3.40. The Labute approximate surface area is 180 Å². The second-order valence-corrected chi connectivity index (χ2v) is 9.04. The molecule has 0 spiro atoms. The number of rotatable bonds is 6. The van der Waals surface area contributed by atoms with Crippen LogP contribution in [0, 0.1) is 5.82 Å². The average molecular weight is 446 g/mol. The molecule has 2 aromatic heterocycles. The van der Waals surface area contributed by atoms with Crippen LogP contribution in [0.4, 0.5) is 4.39 Å². The molecule has 3 aromatic rings. The predicted octanol–water partition coefficient (Wildman–Crippen LogP) is 3.93. The number of H-pyrrole nitrogens is 1. The number of amides is 2. The molecule has 1 fully saturated rings. The molecule has 0 bridgehead atoms. The maximum Gasteiger partial charge on any atom is 0.266 e.